The molecule has 0 saturated carbocycles. The van der Waals surface area contributed by atoms with Crippen LogP contribution in [0.2, 0.25) is 0 Å². The van der Waals surface area contributed by atoms with Crippen molar-refractivity contribution < 1.29 is 19.4 Å². The summed E-state index contributed by atoms with van der Waals surface area (Å²) in [6.45, 7) is 5.40. The molecule has 0 fully saturated rings. The number of fused-ring (bicyclic) bond motifs is 2. The molecule has 36 heavy (non-hydrogen) atoms. The second-order valence-corrected chi connectivity index (χ2v) is 9.84. The number of amides is 2. The molecule has 0 radical (unpaired) electrons. The van der Waals surface area contributed by atoms with Gasteiger partial charge in [-0.05, 0) is 36.9 Å². The molecule has 3 heterocycles. The van der Waals surface area contributed by atoms with Crippen LogP contribution >= 0.6 is 0 Å². The summed E-state index contributed by atoms with van der Waals surface area (Å²) >= 11 is 0. The highest BCUT2D eigenvalue weighted by Gasteiger charge is 2.29. The molecule has 194 valence electrons. The van der Waals surface area contributed by atoms with Gasteiger partial charge < -0.3 is 24.2 Å². The van der Waals surface area contributed by atoms with E-state index in [1.54, 1.807) is 27.7 Å². The lowest BCUT2D eigenvalue weighted by Crippen LogP contribution is -2.48. The van der Waals surface area contributed by atoms with Crippen LogP contribution in [0.4, 0.5) is 0 Å². The topological polar surface area (TPSA) is 106 Å². The molecular formula is C26H36N6O4. The molecular weight excluding hydrogens is 460 g/mol. The summed E-state index contributed by atoms with van der Waals surface area (Å²) < 4.78 is 10.1. The van der Waals surface area contributed by atoms with Gasteiger partial charge in [0.15, 0.2) is 0 Å². The Morgan fingerprint density at radius 3 is 2.92 bits per heavy atom. The smallest absolute Gasteiger partial charge is 0.253 e. The number of likely N-dealkylation sites (N-methyl/N-ethyl adjacent to an activating group) is 1. The molecule has 0 unspecified atom stereocenters. The van der Waals surface area contributed by atoms with E-state index in [2.05, 4.69) is 10.3 Å². The number of aliphatic hydroxyl groups is 1. The zero-order chi connectivity index (χ0) is 25.8. The highest BCUT2D eigenvalue weighted by atomic mass is 16.5. The monoisotopic (exact) mass is 496 g/mol. The van der Waals surface area contributed by atoms with Gasteiger partial charge in [0.1, 0.15) is 0 Å². The fourth-order valence-corrected chi connectivity index (χ4v) is 4.71. The fraction of sp³-hybridized carbons (Fsp3) is 0.538. The molecule has 1 N–H and O–H groups in total. The highest BCUT2D eigenvalue weighted by Crippen LogP contribution is 2.21. The minimum Gasteiger partial charge on any atom is -0.394 e. The molecule has 0 bridgehead atoms. The van der Waals surface area contributed by atoms with Gasteiger partial charge in [-0.15, -0.1) is 5.10 Å². The lowest BCUT2D eigenvalue weighted by atomic mass is 10.0. The summed E-state index contributed by atoms with van der Waals surface area (Å²) in [6, 6.07) is 7.43. The molecule has 10 heteroatoms. The minimum atomic E-state index is -0.346. The Labute approximate surface area is 211 Å². The van der Waals surface area contributed by atoms with Crippen molar-refractivity contribution in [3.05, 3.63) is 47.9 Å². The number of aliphatic hydroxyl groups excluding tert-OH is 1. The van der Waals surface area contributed by atoms with Gasteiger partial charge >= 0.3 is 0 Å². The number of aryl methyl sites for hydroxylation is 2. The first-order chi connectivity index (χ1) is 17.3. The molecule has 0 aliphatic carbocycles. The summed E-state index contributed by atoms with van der Waals surface area (Å²) in [5.74, 6) is -0.189. The van der Waals surface area contributed by atoms with Crippen LogP contribution in [0.15, 0.2) is 36.7 Å². The van der Waals surface area contributed by atoms with Crippen LogP contribution < -0.4 is 0 Å². The van der Waals surface area contributed by atoms with Gasteiger partial charge in [-0.25, -0.2) is 4.68 Å². The van der Waals surface area contributed by atoms with Gasteiger partial charge in [-0.3, -0.25) is 9.59 Å². The van der Waals surface area contributed by atoms with Crippen LogP contribution in [0.5, 0.6) is 0 Å². The molecule has 0 spiro atoms. The second kappa shape index (κ2) is 11.2. The zero-order valence-electron chi connectivity index (χ0n) is 21.5. The van der Waals surface area contributed by atoms with Crippen molar-refractivity contribution in [1.29, 1.82) is 0 Å². The number of nitrogens with zero attached hydrogens (tertiary/aromatic N) is 6. The Hall–Kier alpha value is -3.24. The van der Waals surface area contributed by atoms with Crippen molar-refractivity contribution in [1.82, 2.24) is 29.4 Å². The van der Waals surface area contributed by atoms with E-state index in [0.717, 1.165) is 16.6 Å². The highest BCUT2D eigenvalue weighted by molar-refractivity contribution is 5.98. The van der Waals surface area contributed by atoms with E-state index >= 15 is 0 Å². The minimum absolute atomic E-state index is 0.00955. The van der Waals surface area contributed by atoms with E-state index in [1.807, 2.05) is 55.9 Å². The third-order valence-electron chi connectivity index (χ3n) is 7.08. The summed E-state index contributed by atoms with van der Waals surface area (Å²) in [6.07, 6.45) is 4.30. The average molecular weight is 497 g/mol. The number of aromatic nitrogens is 4. The van der Waals surface area contributed by atoms with Gasteiger partial charge in [0.2, 0.25) is 5.91 Å². The lowest BCUT2D eigenvalue weighted by Gasteiger charge is -2.35. The van der Waals surface area contributed by atoms with Crippen molar-refractivity contribution >= 4 is 22.7 Å². The van der Waals surface area contributed by atoms with Crippen LogP contribution in [0.1, 0.15) is 42.7 Å². The molecule has 10 nitrogen and oxygen atoms in total. The van der Waals surface area contributed by atoms with Crippen molar-refractivity contribution in [3.63, 3.8) is 0 Å². The predicted octanol–water partition coefficient (Wildman–Crippen LogP) is 2.07. The van der Waals surface area contributed by atoms with E-state index in [4.69, 9.17) is 4.74 Å². The number of carbonyl (C=O) groups excluding carboxylic acids is 2. The average Bonchev–Trinajstić information content (AvgIpc) is 3.48. The summed E-state index contributed by atoms with van der Waals surface area (Å²) in [7, 11) is 3.73. The number of hydrogen-bond donors (Lipinski definition) is 1. The summed E-state index contributed by atoms with van der Waals surface area (Å²) in [5, 5.41) is 19.0. The number of ether oxygens (including phenoxy) is 1. The molecule has 1 aliphatic heterocycles. The predicted molar refractivity (Wildman–Crippen MR) is 135 cm³/mol. The SMILES string of the molecule is C[C@H](CO)N1C[C@H](C)[C@@H](CN(C)C(=O)c2ccc3ccn(C)c3c2)OCc2cnnn2CCCC1=O. The maximum absolute atomic E-state index is 13.3. The molecule has 3 aromatic rings. The van der Waals surface area contributed by atoms with E-state index < -0.39 is 0 Å². The van der Waals surface area contributed by atoms with Gasteiger partial charge in [-0.2, -0.15) is 0 Å². The summed E-state index contributed by atoms with van der Waals surface area (Å²) in [4.78, 5) is 29.8. The second-order valence-electron chi connectivity index (χ2n) is 9.84. The standard InChI is InChI=1S/C26H36N6O4/c1-18-14-31(19(2)16-33)25(34)6-5-10-32-22(13-27-28-32)17-36-24(18)15-30(4)26(35)21-8-7-20-9-11-29(3)23(20)12-21/h7-9,11-13,18-19,24,33H,5-6,10,14-17H2,1-4H3/t18-,19+,24+/m0/s1. The third kappa shape index (κ3) is 5.60. The van der Waals surface area contributed by atoms with E-state index in [1.165, 1.54) is 0 Å². The molecule has 4 rings (SSSR count). The van der Waals surface area contributed by atoms with E-state index in [0.29, 0.717) is 44.6 Å². The zero-order valence-corrected chi connectivity index (χ0v) is 21.5. The van der Waals surface area contributed by atoms with Crippen LogP contribution in [0, 0.1) is 5.92 Å². The number of hydrogen-bond acceptors (Lipinski definition) is 6. The molecule has 1 aromatic carbocycles. The fourth-order valence-electron chi connectivity index (χ4n) is 4.71. The van der Waals surface area contributed by atoms with Gasteiger partial charge in [0, 0.05) is 63.3 Å². The van der Waals surface area contributed by atoms with Crippen molar-refractivity contribution in [2.24, 2.45) is 13.0 Å². The van der Waals surface area contributed by atoms with Gasteiger partial charge in [0.05, 0.1) is 37.3 Å². The van der Waals surface area contributed by atoms with Gasteiger partial charge in [0.25, 0.3) is 5.91 Å². The van der Waals surface area contributed by atoms with Crippen molar-refractivity contribution in [3.8, 4) is 0 Å². The first-order valence-electron chi connectivity index (χ1n) is 12.5. The largest absolute Gasteiger partial charge is 0.394 e. The maximum Gasteiger partial charge on any atom is 0.253 e. The molecule has 2 amide bonds. The van der Waals surface area contributed by atoms with Crippen LogP contribution in [0.25, 0.3) is 10.9 Å². The Balaban J connectivity index is 1.56. The van der Waals surface area contributed by atoms with Gasteiger partial charge in [-0.1, -0.05) is 18.2 Å². The Bertz CT molecular complexity index is 1200. The third-order valence-corrected chi connectivity index (χ3v) is 7.08. The Morgan fingerprint density at radius 2 is 2.14 bits per heavy atom. The first kappa shape index (κ1) is 25.8. The van der Waals surface area contributed by atoms with Crippen LogP contribution in [0.3, 0.4) is 0 Å². The molecule has 0 saturated heterocycles. The Morgan fingerprint density at radius 1 is 1.33 bits per heavy atom. The van der Waals surface area contributed by atoms with Crippen LogP contribution in [-0.4, -0.2) is 85.2 Å². The normalized spacial score (nSPS) is 20.5. The van der Waals surface area contributed by atoms with Crippen LogP contribution in [-0.2, 0) is 29.7 Å². The maximum atomic E-state index is 13.3. The van der Waals surface area contributed by atoms with E-state index in [9.17, 15) is 14.7 Å². The quantitative estimate of drug-likeness (QED) is 0.580. The number of benzene rings is 1. The summed E-state index contributed by atoms with van der Waals surface area (Å²) in [5.41, 5.74) is 2.45. The van der Waals surface area contributed by atoms with Crippen molar-refractivity contribution in [2.75, 3.05) is 26.7 Å². The molecule has 2 aromatic heterocycles. The van der Waals surface area contributed by atoms with Crippen molar-refractivity contribution in [2.45, 2.75) is 52.0 Å². The lowest BCUT2D eigenvalue weighted by molar-refractivity contribution is -0.136. The first-order valence-corrected chi connectivity index (χ1v) is 12.5. The molecule has 1 aliphatic rings. The Kier molecular flexibility index (Phi) is 8.05. The molecule has 3 atom stereocenters. The van der Waals surface area contributed by atoms with E-state index in [-0.39, 0.29) is 36.5 Å². The number of rotatable bonds is 5. The number of carbonyl (C=O) groups is 2.